The van der Waals surface area contributed by atoms with Crippen molar-refractivity contribution in [3.8, 4) is 0 Å². The van der Waals surface area contributed by atoms with Crippen molar-refractivity contribution in [2.75, 3.05) is 59.4 Å². The summed E-state index contributed by atoms with van der Waals surface area (Å²) in [7, 11) is 0. The van der Waals surface area contributed by atoms with E-state index in [-0.39, 0.29) is 69.8 Å². The van der Waals surface area contributed by atoms with Gasteiger partial charge in [-0.05, 0) is 19.8 Å². The number of hydrogen-bond donors (Lipinski definition) is 4. The third-order valence-electron chi connectivity index (χ3n) is 4.25. The van der Waals surface area contributed by atoms with E-state index in [1.807, 2.05) is 0 Å². The van der Waals surface area contributed by atoms with Crippen LogP contribution in [0.25, 0.3) is 0 Å². The van der Waals surface area contributed by atoms with Gasteiger partial charge in [0.1, 0.15) is 31.5 Å². The average Bonchev–Trinajstić information content (AvgIpc) is 2.79. The fraction of sp³-hybridized carbons (Fsp3) is 0.727. The average molecular weight is 521 g/mol. The summed E-state index contributed by atoms with van der Waals surface area (Å²) >= 11 is 0. The van der Waals surface area contributed by atoms with E-state index in [2.05, 4.69) is 10.6 Å². The zero-order valence-electron chi connectivity index (χ0n) is 20.5. The Hall–Kier alpha value is -2.94. The number of nitrogens with one attached hydrogen (secondary N) is 2. The zero-order chi connectivity index (χ0) is 27.2. The second-order valence-electron chi connectivity index (χ2n) is 7.59. The Bertz CT molecular complexity index is 713. The molecule has 0 radical (unpaired) electrons. The molecule has 0 rings (SSSR count). The predicted molar refractivity (Wildman–Crippen MR) is 122 cm³/mol. The molecule has 0 aliphatic heterocycles. The van der Waals surface area contributed by atoms with Crippen molar-refractivity contribution in [3.05, 3.63) is 0 Å². The monoisotopic (exact) mass is 520 g/mol. The fourth-order valence-electron chi connectivity index (χ4n) is 2.58. The lowest BCUT2D eigenvalue weighted by Gasteiger charge is -2.13. The van der Waals surface area contributed by atoms with Crippen LogP contribution >= 0.6 is 0 Å². The van der Waals surface area contributed by atoms with E-state index in [1.165, 1.54) is 6.92 Å². The molecule has 0 saturated carbocycles. The standard InChI is InChI=1S/C22H36N2O12/c1-16(25)14-35-11-10-34-8-6-23-20(28)15-36-12-9-33-7-2-3-17(26)4-5-18(22(31)32)24-19(27)13-21(29)30/h18H,2-15H2,1H3,(H,23,28)(H,24,27)(H,29,30)(H,31,32). The number of carbonyl (C=O) groups excluding carboxylic acids is 4. The normalized spacial score (nSPS) is 11.5. The van der Waals surface area contributed by atoms with Gasteiger partial charge in [-0.2, -0.15) is 0 Å². The maximum atomic E-state index is 11.9. The molecule has 206 valence electrons. The van der Waals surface area contributed by atoms with Crippen LogP contribution in [0, 0.1) is 0 Å². The van der Waals surface area contributed by atoms with E-state index >= 15 is 0 Å². The molecule has 0 heterocycles. The molecule has 0 aliphatic rings. The maximum absolute atomic E-state index is 11.9. The van der Waals surface area contributed by atoms with Gasteiger partial charge in [0.05, 0.1) is 33.0 Å². The topological polar surface area (TPSA) is 204 Å². The highest BCUT2D eigenvalue weighted by Crippen LogP contribution is 2.04. The fourth-order valence-corrected chi connectivity index (χ4v) is 2.58. The molecule has 0 fully saturated rings. The zero-order valence-corrected chi connectivity index (χ0v) is 20.5. The Morgan fingerprint density at radius 2 is 1.36 bits per heavy atom. The van der Waals surface area contributed by atoms with Crippen molar-refractivity contribution in [1.82, 2.24) is 10.6 Å². The highest BCUT2D eigenvalue weighted by molar-refractivity contribution is 5.95. The van der Waals surface area contributed by atoms with Gasteiger partial charge in [0, 0.05) is 26.0 Å². The number of ketones is 2. The highest BCUT2D eigenvalue weighted by atomic mass is 16.5. The molecule has 0 aliphatic carbocycles. The van der Waals surface area contributed by atoms with Crippen LogP contribution in [0.1, 0.15) is 39.0 Å². The van der Waals surface area contributed by atoms with E-state index in [1.54, 1.807) is 0 Å². The number of hydrogen-bond acceptors (Lipinski definition) is 10. The van der Waals surface area contributed by atoms with E-state index in [0.717, 1.165) is 0 Å². The predicted octanol–water partition coefficient (Wildman–Crippen LogP) is -1.07. The molecular formula is C22H36N2O12. The van der Waals surface area contributed by atoms with E-state index in [9.17, 15) is 28.8 Å². The number of rotatable bonds is 24. The van der Waals surface area contributed by atoms with Crippen LogP contribution in [0.3, 0.4) is 0 Å². The van der Waals surface area contributed by atoms with Crippen molar-refractivity contribution >= 4 is 35.3 Å². The van der Waals surface area contributed by atoms with Crippen molar-refractivity contribution in [3.63, 3.8) is 0 Å². The summed E-state index contributed by atoms with van der Waals surface area (Å²) in [6.45, 7) is 3.24. The van der Waals surface area contributed by atoms with Crippen molar-refractivity contribution in [2.24, 2.45) is 0 Å². The first kappa shape index (κ1) is 33.1. The molecule has 2 amide bonds. The summed E-state index contributed by atoms with van der Waals surface area (Å²) in [5.41, 5.74) is 0. The molecule has 1 atom stereocenters. The molecule has 36 heavy (non-hydrogen) atoms. The third kappa shape index (κ3) is 21.6. The molecule has 1 unspecified atom stereocenters. The smallest absolute Gasteiger partial charge is 0.326 e. The van der Waals surface area contributed by atoms with Crippen LogP contribution in [0.15, 0.2) is 0 Å². The Morgan fingerprint density at radius 3 is 1.97 bits per heavy atom. The summed E-state index contributed by atoms with van der Waals surface area (Å²) in [5.74, 6) is -4.25. The minimum Gasteiger partial charge on any atom is -0.481 e. The first-order valence-corrected chi connectivity index (χ1v) is 11.4. The summed E-state index contributed by atoms with van der Waals surface area (Å²) in [6.07, 6.45) is -0.510. The molecule has 0 bridgehead atoms. The van der Waals surface area contributed by atoms with E-state index in [4.69, 9.17) is 29.2 Å². The Balaban J connectivity index is 3.64. The molecule has 0 aromatic carbocycles. The minimum atomic E-state index is -1.38. The molecular weight excluding hydrogens is 484 g/mol. The summed E-state index contributed by atoms with van der Waals surface area (Å²) in [6, 6.07) is -1.34. The maximum Gasteiger partial charge on any atom is 0.326 e. The first-order valence-electron chi connectivity index (χ1n) is 11.4. The van der Waals surface area contributed by atoms with Gasteiger partial charge < -0.3 is 39.8 Å². The van der Waals surface area contributed by atoms with E-state index in [0.29, 0.717) is 32.8 Å². The number of carboxylic acids is 2. The van der Waals surface area contributed by atoms with E-state index < -0.39 is 30.3 Å². The molecule has 14 heteroatoms. The molecule has 4 N–H and O–H groups in total. The summed E-state index contributed by atoms with van der Waals surface area (Å²) in [5, 5.41) is 22.3. The minimum absolute atomic E-state index is 0.0506. The summed E-state index contributed by atoms with van der Waals surface area (Å²) in [4.78, 5) is 67.2. The van der Waals surface area contributed by atoms with Crippen molar-refractivity contribution in [2.45, 2.75) is 45.1 Å². The van der Waals surface area contributed by atoms with Gasteiger partial charge in [-0.15, -0.1) is 0 Å². The van der Waals surface area contributed by atoms with Crippen LogP contribution in [0.4, 0.5) is 0 Å². The Kier molecular flexibility index (Phi) is 19.6. The van der Waals surface area contributed by atoms with Gasteiger partial charge in [-0.3, -0.25) is 24.0 Å². The molecule has 0 saturated heterocycles. The van der Waals surface area contributed by atoms with Gasteiger partial charge >= 0.3 is 11.9 Å². The number of Topliss-reactive ketones (excluding diaryl/α,β-unsaturated/α-hetero) is 2. The Labute approximate surface area is 209 Å². The van der Waals surface area contributed by atoms with Gasteiger partial charge in [-0.1, -0.05) is 0 Å². The number of ether oxygens (including phenoxy) is 4. The number of aliphatic carboxylic acids is 2. The van der Waals surface area contributed by atoms with Crippen LogP contribution in [-0.2, 0) is 47.7 Å². The number of amides is 2. The largest absolute Gasteiger partial charge is 0.481 e. The second-order valence-corrected chi connectivity index (χ2v) is 7.59. The van der Waals surface area contributed by atoms with Crippen LogP contribution in [-0.4, -0.2) is 111 Å². The van der Waals surface area contributed by atoms with Gasteiger partial charge in [0.15, 0.2) is 5.78 Å². The number of carboxylic acid groups (broad SMARTS) is 2. The molecule has 0 aromatic heterocycles. The molecule has 0 spiro atoms. The second kappa shape index (κ2) is 21.4. The van der Waals surface area contributed by atoms with Crippen LogP contribution < -0.4 is 10.6 Å². The van der Waals surface area contributed by atoms with Gasteiger partial charge in [0.2, 0.25) is 11.8 Å². The SMILES string of the molecule is CC(=O)COCCOCCNC(=O)COCCOCCCC(=O)CCC(NC(=O)CC(=O)O)C(=O)O. The molecule has 14 nitrogen and oxygen atoms in total. The quantitative estimate of drug-likeness (QED) is 0.0887. The van der Waals surface area contributed by atoms with Crippen molar-refractivity contribution in [1.29, 1.82) is 0 Å². The number of carbonyl (C=O) groups is 6. The highest BCUT2D eigenvalue weighted by Gasteiger charge is 2.21. The lowest BCUT2D eigenvalue weighted by molar-refractivity contribution is -0.145. The lowest BCUT2D eigenvalue weighted by Crippen LogP contribution is -2.41. The van der Waals surface area contributed by atoms with Crippen molar-refractivity contribution < 1.29 is 57.9 Å². The first-order chi connectivity index (χ1) is 17.1. The van der Waals surface area contributed by atoms with Crippen LogP contribution in [0.5, 0.6) is 0 Å². The summed E-state index contributed by atoms with van der Waals surface area (Å²) < 4.78 is 20.7. The molecule has 0 aromatic rings. The van der Waals surface area contributed by atoms with Crippen LogP contribution in [0.2, 0.25) is 0 Å². The third-order valence-corrected chi connectivity index (χ3v) is 4.25. The Morgan fingerprint density at radius 1 is 0.750 bits per heavy atom. The van der Waals surface area contributed by atoms with Gasteiger partial charge in [0.25, 0.3) is 0 Å². The lowest BCUT2D eigenvalue weighted by atomic mass is 10.1. The van der Waals surface area contributed by atoms with Gasteiger partial charge in [-0.25, -0.2) is 4.79 Å².